The number of hydrogen-bond acceptors (Lipinski definition) is 7. The number of hydrogen-bond donors (Lipinski definition) is 2. The van der Waals surface area contributed by atoms with Gasteiger partial charge in [0, 0.05) is 48.6 Å². The minimum absolute atomic E-state index is 0. The molecule has 1 saturated heterocycles. The summed E-state index contributed by atoms with van der Waals surface area (Å²) in [5, 5.41) is 12.2. The van der Waals surface area contributed by atoms with Crippen LogP contribution in [-0.2, 0) is 6.42 Å². The molecule has 1 aliphatic rings. The van der Waals surface area contributed by atoms with Crippen molar-refractivity contribution in [3.8, 4) is 0 Å². The molecule has 3 aromatic heterocycles. The van der Waals surface area contributed by atoms with Gasteiger partial charge in [-0.05, 0) is 79.4 Å². The quantitative estimate of drug-likeness (QED) is 0.366. The lowest BCUT2D eigenvalue weighted by Gasteiger charge is -2.33. The van der Waals surface area contributed by atoms with Gasteiger partial charge in [-0.3, -0.25) is 0 Å². The van der Waals surface area contributed by atoms with Crippen LogP contribution in [0.3, 0.4) is 0 Å². The highest BCUT2D eigenvalue weighted by molar-refractivity contribution is 5.93. The van der Waals surface area contributed by atoms with Crippen LogP contribution in [0, 0.1) is 6.92 Å². The number of aromatic nitrogens is 5. The van der Waals surface area contributed by atoms with Crippen LogP contribution in [-0.4, -0.2) is 50.2 Å². The fraction of sp³-hybridized carbons (Fsp3) is 0.259. The van der Waals surface area contributed by atoms with Crippen molar-refractivity contribution in [3.63, 3.8) is 0 Å². The van der Waals surface area contributed by atoms with Crippen molar-refractivity contribution in [1.29, 1.82) is 0 Å². The van der Waals surface area contributed by atoms with Gasteiger partial charge in [0.25, 0.3) is 0 Å². The average Bonchev–Trinajstić information content (AvgIpc) is 3.34. The number of fused-ring (bicyclic) bond motifs is 2. The third kappa shape index (κ3) is 4.82. The third-order valence-electron chi connectivity index (χ3n) is 6.70. The molecule has 1 aliphatic heterocycles. The molecule has 36 heavy (non-hydrogen) atoms. The minimum atomic E-state index is 0. The van der Waals surface area contributed by atoms with Gasteiger partial charge in [0.15, 0.2) is 5.65 Å². The number of aryl methyl sites for hydroxylation is 1. The van der Waals surface area contributed by atoms with Crippen LogP contribution < -0.4 is 15.5 Å². The van der Waals surface area contributed by atoms with E-state index in [0.29, 0.717) is 6.04 Å². The van der Waals surface area contributed by atoms with Gasteiger partial charge in [-0.15, -0.1) is 12.4 Å². The first kappa shape index (κ1) is 24.0. The molecule has 0 unspecified atom stereocenters. The van der Waals surface area contributed by atoms with Gasteiger partial charge >= 0.3 is 0 Å². The molecule has 6 rings (SSSR count). The summed E-state index contributed by atoms with van der Waals surface area (Å²) in [5.74, 6) is 0.824. The number of nitrogens with zero attached hydrogens (tertiary/aromatic N) is 6. The van der Waals surface area contributed by atoms with Gasteiger partial charge in [-0.2, -0.15) is 5.10 Å². The fourth-order valence-electron chi connectivity index (χ4n) is 4.80. The van der Waals surface area contributed by atoms with Crippen molar-refractivity contribution in [2.24, 2.45) is 0 Å². The zero-order valence-corrected chi connectivity index (χ0v) is 21.2. The van der Waals surface area contributed by atoms with Crippen molar-refractivity contribution in [3.05, 3.63) is 84.1 Å². The maximum Gasteiger partial charge on any atom is 0.155 e. The Bertz CT molecular complexity index is 1510. The highest BCUT2D eigenvalue weighted by atomic mass is 35.5. The van der Waals surface area contributed by atoms with Crippen LogP contribution in [0.1, 0.15) is 23.6 Å². The second kappa shape index (κ2) is 10.1. The largest absolute Gasteiger partial charge is 0.369 e. The molecule has 0 aliphatic carbocycles. The predicted octanol–water partition coefficient (Wildman–Crippen LogP) is 4.54. The molecule has 9 heteroatoms. The SMILES string of the molecule is Cc1cc(Nc2ncnc3ccc(N4CCN[C@H](C)C4)cc23)ccc1Cc1ccn2ncnc2c1.Cl. The van der Waals surface area contributed by atoms with Crippen molar-refractivity contribution in [2.45, 2.75) is 26.3 Å². The number of halogens is 1. The Labute approximate surface area is 216 Å². The topological polar surface area (TPSA) is 83.3 Å². The van der Waals surface area contributed by atoms with E-state index < -0.39 is 0 Å². The van der Waals surface area contributed by atoms with Gasteiger partial charge in [0.2, 0.25) is 0 Å². The van der Waals surface area contributed by atoms with Crippen LogP contribution in [0.4, 0.5) is 17.2 Å². The van der Waals surface area contributed by atoms with Crippen molar-refractivity contribution in [1.82, 2.24) is 29.9 Å². The molecule has 8 nitrogen and oxygen atoms in total. The molecule has 2 N–H and O–H groups in total. The monoisotopic (exact) mass is 500 g/mol. The first-order chi connectivity index (χ1) is 17.1. The Balaban J connectivity index is 0.00000267. The number of nitrogens with one attached hydrogen (secondary N) is 2. The van der Waals surface area contributed by atoms with Gasteiger partial charge in [0.1, 0.15) is 18.5 Å². The molecule has 0 spiro atoms. The van der Waals surface area contributed by atoms with Gasteiger partial charge in [-0.25, -0.2) is 19.5 Å². The lowest BCUT2D eigenvalue weighted by atomic mass is 10.0. The fourth-order valence-corrected chi connectivity index (χ4v) is 4.80. The van der Waals surface area contributed by atoms with E-state index in [1.807, 2.05) is 6.20 Å². The molecule has 0 saturated carbocycles. The molecule has 1 atom stereocenters. The van der Waals surface area contributed by atoms with Gasteiger partial charge < -0.3 is 15.5 Å². The summed E-state index contributed by atoms with van der Waals surface area (Å²) in [4.78, 5) is 15.8. The van der Waals surface area contributed by atoms with Gasteiger partial charge in [0.05, 0.1) is 5.52 Å². The average molecular weight is 501 g/mol. The summed E-state index contributed by atoms with van der Waals surface area (Å²) in [6, 6.07) is 17.6. The van der Waals surface area contributed by atoms with E-state index >= 15 is 0 Å². The predicted molar refractivity (Wildman–Crippen MR) is 147 cm³/mol. The maximum absolute atomic E-state index is 4.58. The van der Waals surface area contributed by atoms with E-state index in [1.54, 1.807) is 17.2 Å². The van der Waals surface area contributed by atoms with E-state index in [-0.39, 0.29) is 12.4 Å². The summed E-state index contributed by atoms with van der Waals surface area (Å²) >= 11 is 0. The Hall–Kier alpha value is -3.75. The second-order valence-electron chi connectivity index (χ2n) is 9.27. The van der Waals surface area contributed by atoms with Crippen LogP contribution in [0.25, 0.3) is 16.6 Å². The third-order valence-corrected chi connectivity index (χ3v) is 6.70. The Morgan fingerprint density at radius 1 is 1.03 bits per heavy atom. The number of benzene rings is 2. The number of pyridine rings is 1. The van der Waals surface area contributed by atoms with Crippen molar-refractivity contribution < 1.29 is 0 Å². The smallest absolute Gasteiger partial charge is 0.155 e. The molecular formula is C27H29ClN8. The van der Waals surface area contributed by atoms with E-state index in [2.05, 4.69) is 98.0 Å². The number of piperazine rings is 1. The van der Waals surface area contributed by atoms with E-state index in [9.17, 15) is 0 Å². The lowest BCUT2D eigenvalue weighted by Crippen LogP contribution is -2.49. The summed E-state index contributed by atoms with van der Waals surface area (Å²) in [6.45, 7) is 7.36. The molecule has 0 radical (unpaired) electrons. The van der Waals surface area contributed by atoms with Gasteiger partial charge in [-0.1, -0.05) is 6.07 Å². The molecular weight excluding hydrogens is 472 g/mol. The zero-order chi connectivity index (χ0) is 23.8. The summed E-state index contributed by atoms with van der Waals surface area (Å²) in [6.07, 6.45) is 6.00. The summed E-state index contributed by atoms with van der Waals surface area (Å²) in [5.41, 5.74) is 7.74. The maximum atomic E-state index is 4.58. The Kier molecular flexibility index (Phi) is 6.71. The Morgan fingerprint density at radius 3 is 2.81 bits per heavy atom. The zero-order valence-electron chi connectivity index (χ0n) is 20.3. The molecule has 0 amide bonds. The van der Waals surface area contributed by atoms with Crippen molar-refractivity contribution in [2.75, 3.05) is 29.9 Å². The highest BCUT2D eigenvalue weighted by Gasteiger charge is 2.17. The van der Waals surface area contributed by atoms with Crippen LogP contribution in [0.15, 0.2) is 67.4 Å². The standard InChI is InChI=1S/C27H28N8.ClH/c1-18-11-22(4-3-21(18)12-20-7-9-35-26(13-20)30-17-32-35)33-27-24-14-23(5-6-25(24)29-16-31-27)34-10-8-28-19(2)15-34;/h3-7,9,11,13-14,16-17,19,28H,8,10,12,15H2,1-2H3,(H,29,31,33);1H/t19-;/m1./s1. The molecule has 0 bridgehead atoms. The number of anilines is 3. The first-order valence-electron chi connectivity index (χ1n) is 12.0. The molecule has 1 fully saturated rings. The minimum Gasteiger partial charge on any atom is -0.369 e. The second-order valence-corrected chi connectivity index (χ2v) is 9.27. The van der Waals surface area contributed by atoms with Crippen LogP contribution in [0.5, 0.6) is 0 Å². The lowest BCUT2D eigenvalue weighted by molar-refractivity contribution is 0.485. The first-order valence-corrected chi connectivity index (χ1v) is 12.0. The normalized spacial score (nSPS) is 15.7. The van der Waals surface area contributed by atoms with Crippen LogP contribution >= 0.6 is 12.4 Å². The Morgan fingerprint density at radius 2 is 1.94 bits per heavy atom. The number of rotatable bonds is 5. The molecule has 2 aromatic carbocycles. The van der Waals surface area contributed by atoms with Crippen LogP contribution in [0.2, 0.25) is 0 Å². The molecule has 5 aromatic rings. The molecule has 184 valence electrons. The van der Waals surface area contributed by atoms with E-state index in [4.69, 9.17) is 0 Å². The van der Waals surface area contributed by atoms with E-state index in [0.717, 1.165) is 54.1 Å². The summed E-state index contributed by atoms with van der Waals surface area (Å²) < 4.78 is 1.78. The highest BCUT2D eigenvalue weighted by Crippen LogP contribution is 2.29. The van der Waals surface area contributed by atoms with E-state index in [1.165, 1.54) is 22.4 Å². The summed E-state index contributed by atoms with van der Waals surface area (Å²) in [7, 11) is 0. The van der Waals surface area contributed by atoms with Crippen molar-refractivity contribution >= 4 is 46.1 Å². The molecule has 4 heterocycles.